The number of nitriles is 1. The summed E-state index contributed by atoms with van der Waals surface area (Å²) in [7, 11) is 0. The van der Waals surface area contributed by atoms with Gasteiger partial charge in [0.2, 0.25) is 5.69 Å². The van der Waals surface area contributed by atoms with Crippen molar-refractivity contribution in [2.24, 2.45) is 0 Å². The third-order valence-electron chi connectivity index (χ3n) is 3.35. The van der Waals surface area contributed by atoms with Crippen molar-refractivity contribution in [3.8, 4) is 29.0 Å². The van der Waals surface area contributed by atoms with Crippen LogP contribution in [-0.4, -0.2) is 19.9 Å². The van der Waals surface area contributed by atoms with Gasteiger partial charge in [0.15, 0.2) is 5.75 Å². The lowest BCUT2D eigenvalue weighted by atomic mass is 10.2. The number of ether oxygens (including phenoxy) is 1. The highest BCUT2D eigenvalue weighted by Crippen LogP contribution is 2.38. The fourth-order valence-electron chi connectivity index (χ4n) is 2.11. The quantitative estimate of drug-likeness (QED) is 0.688. The maximum Gasteiger partial charge on any atom is 0.349 e. The van der Waals surface area contributed by atoms with Crippen LogP contribution in [-0.2, 0) is 0 Å². The Morgan fingerprint density at radius 2 is 2.00 bits per heavy atom. The largest absolute Gasteiger partial charge is 0.508 e. The van der Waals surface area contributed by atoms with Gasteiger partial charge in [-0.2, -0.15) is 9.94 Å². The monoisotopic (exact) mass is 407 g/mol. The predicted octanol–water partition coefficient (Wildman–Crippen LogP) is 2.91. The van der Waals surface area contributed by atoms with Crippen molar-refractivity contribution in [2.45, 2.75) is 6.85 Å². The molecule has 0 saturated heterocycles. The Balaban J connectivity index is 2.05. The molecule has 1 heterocycles. The van der Waals surface area contributed by atoms with E-state index >= 15 is 0 Å². The van der Waals surface area contributed by atoms with Gasteiger partial charge in [0.05, 0.1) is 15.7 Å². The lowest BCUT2D eigenvalue weighted by Crippen LogP contribution is -2.33. The van der Waals surface area contributed by atoms with Crippen LogP contribution in [0.3, 0.4) is 0 Å². The van der Waals surface area contributed by atoms with Gasteiger partial charge in [-0.15, -0.1) is 5.10 Å². The summed E-state index contributed by atoms with van der Waals surface area (Å²) >= 11 is 12.4. The Bertz CT molecular complexity index is 1290. The molecule has 0 radical (unpaired) electrons. The minimum Gasteiger partial charge on any atom is -0.508 e. The zero-order valence-electron chi connectivity index (χ0n) is 16.2. The molecule has 1 aromatic heterocycles. The van der Waals surface area contributed by atoms with Gasteiger partial charge in [-0.25, -0.2) is 4.79 Å². The van der Waals surface area contributed by atoms with Crippen molar-refractivity contribution in [2.75, 3.05) is 0 Å². The standard InChI is InChI=1S/C17H10Cl2N4O4/c1-8-4-10(2-3-14(8)24)27-15-11(18)5-9(6-12(15)19)23-17(26)21-16(25)13(7-20)22-23/h2-6,24H,1H3,(H,21,25,26)/i1D3. The molecule has 0 amide bonds. The summed E-state index contributed by atoms with van der Waals surface area (Å²) in [5, 5.41) is 22.2. The summed E-state index contributed by atoms with van der Waals surface area (Å²) in [6.45, 7) is -2.57. The molecule has 27 heavy (non-hydrogen) atoms. The summed E-state index contributed by atoms with van der Waals surface area (Å²) in [6, 6.07) is 7.65. The Hall–Kier alpha value is -3.28. The number of aromatic hydroxyl groups is 1. The van der Waals surface area contributed by atoms with Crippen molar-refractivity contribution in [1.82, 2.24) is 14.8 Å². The van der Waals surface area contributed by atoms with Crippen LogP contribution >= 0.6 is 23.2 Å². The second kappa shape index (κ2) is 7.15. The van der Waals surface area contributed by atoms with Gasteiger partial charge in [0.1, 0.15) is 17.6 Å². The summed E-state index contributed by atoms with van der Waals surface area (Å²) in [5.74, 6) is -0.435. The molecule has 136 valence electrons. The molecule has 0 atom stereocenters. The van der Waals surface area contributed by atoms with E-state index in [0.717, 1.165) is 16.8 Å². The molecule has 0 saturated carbocycles. The van der Waals surface area contributed by atoms with E-state index in [2.05, 4.69) is 5.10 Å². The van der Waals surface area contributed by atoms with E-state index in [1.807, 2.05) is 4.98 Å². The number of nitrogens with one attached hydrogen (secondary N) is 1. The maximum atomic E-state index is 12.0. The lowest BCUT2D eigenvalue weighted by Gasteiger charge is -2.12. The van der Waals surface area contributed by atoms with Crippen LogP contribution < -0.4 is 16.0 Å². The number of hydrogen-bond donors (Lipinski definition) is 2. The first kappa shape index (κ1) is 14.8. The SMILES string of the molecule is [2H]C([2H])([2H])c1cc(Oc2c(Cl)cc(-n3nc(C#N)c(=O)[nH]c3=O)cc2Cl)ccc1O. The molecule has 2 N–H and O–H groups in total. The minimum absolute atomic E-state index is 0.0431. The van der Waals surface area contributed by atoms with Crippen LogP contribution in [0.2, 0.25) is 10.0 Å². The summed E-state index contributed by atoms with van der Waals surface area (Å²) in [5.41, 5.74) is -2.67. The molecule has 8 nitrogen and oxygen atoms in total. The summed E-state index contributed by atoms with van der Waals surface area (Å²) in [6.07, 6.45) is 0. The highest BCUT2D eigenvalue weighted by molar-refractivity contribution is 6.37. The first-order valence-corrected chi connectivity index (χ1v) is 7.91. The van der Waals surface area contributed by atoms with Gasteiger partial charge >= 0.3 is 5.69 Å². The second-order valence-corrected chi connectivity index (χ2v) is 5.97. The third-order valence-corrected chi connectivity index (χ3v) is 3.91. The van der Waals surface area contributed by atoms with E-state index in [9.17, 15) is 14.7 Å². The minimum atomic E-state index is -2.57. The number of rotatable bonds is 3. The van der Waals surface area contributed by atoms with Gasteiger partial charge < -0.3 is 9.84 Å². The number of phenolic OH excluding ortho intramolecular Hbond substituents is 1. The first-order valence-electron chi connectivity index (χ1n) is 8.66. The zero-order chi connectivity index (χ0) is 22.2. The zero-order valence-corrected chi connectivity index (χ0v) is 14.7. The molecule has 3 rings (SSSR count). The molecule has 10 heteroatoms. The fraction of sp³-hybridized carbons (Fsp3) is 0.0588. The fourth-order valence-corrected chi connectivity index (χ4v) is 2.66. The van der Waals surface area contributed by atoms with Gasteiger partial charge in [-0.05, 0) is 42.7 Å². The van der Waals surface area contributed by atoms with Crippen LogP contribution in [0.5, 0.6) is 17.2 Å². The van der Waals surface area contributed by atoms with Gasteiger partial charge in [0.25, 0.3) is 5.56 Å². The number of benzene rings is 2. The molecule has 0 unspecified atom stereocenters. The van der Waals surface area contributed by atoms with E-state index in [1.54, 1.807) is 6.07 Å². The Morgan fingerprint density at radius 1 is 1.30 bits per heavy atom. The normalized spacial score (nSPS) is 12.6. The van der Waals surface area contributed by atoms with Crippen LogP contribution in [0.25, 0.3) is 5.69 Å². The lowest BCUT2D eigenvalue weighted by molar-refractivity contribution is 0.460. The number of H-pyrrole nitrogens is 1. The van der Waals surface area contributed by atoms with E-state index in [4.69, 9.17) is 37.3 Å². The van der Waals surface area contributed by atoms with Crippen LogP contribution in [0, 0.1) is 18.2 Å². The topological polar surface area (TPSA) is 121 Å². The Kier molecular flexibility index (Phi) is 3.93. The number of aryl methyl sites for hydroxylation is 1. The van der Waals surface area contributed by atoms with Gasteiger partial charge in [-0.3, -0.25) is 9.78 Å². The highest BCUT2D eigenvalue weighted by atomic mass is 35.5. The van der Waals surface area contributed by atoms with Crippen molar-refractivity contribution < 1.29 is 14.0 Å². The van der Waals surface area contributed by atoms with Crippen molar-refractivity contribution >= 4 is 23.2 Å². The van der Waals surface area contributed by atoms with Crippen molar-refractivity contribution in [3.05, 3.63) is 72.5 Å². The molecule has 0 bridgehead atoms. The molecular weight excluding hydrogens is 395 g/mol. The Morgan fingerprint density at radius 3 is 2.63 bits per heavy atom. The second-order valence-electron chi connectivity index (χ2n) is 5.15. The Labute approximate surface area is 166 Å². The number of nitrogens with zero attached hydrogens (tertiary/aromatic N) is 3. The highest BCUT2D eigenvalue weighted by Gasteiger charge is 2.15. The number of aromatic nitrogens is 3. The van der Waals surface area contributed by atoms with Crippen molar-refractivity contribution in [3.63, 3.8) is 0 Å². The smallest absolute Gasteiger partial charge is 0.349 e. The first-order chi connectivity index (χ1) is 14.0. The summed E-state index contributed by atoms with van der Waals surface area (Å²) < 4.78 is 28.6. The van der Waals surface area contributed by atoms with E-state index in [1.165, 1.54) is 18.2 Å². The third kappa shape index (κ3) is 3.65. The number of phenols is 1. The predicted molar refractivity (Wildman–Crippen MR) is 98.1 cm³/mol. The van der Waals surface area contributed by atoms with Crippen molar-refractivity contribution in [1.29, 1.82) is 5.26 Å². The molecule has 2 aromatic carbocycles. The number of aromatic amines is 1. The average Bonchev–Trinajstić information content (AvgIpc) is 2.65. The maximum absolute atomic E-state index is 12.0. The van der Waals surface area contributed by atoms with Crippen LogP contribution in [0.15, 0.2) is 39.9 Å². The van der Waals surface area contributed by atoms with Crippen LogP contribution in [0.1, 0.15) is 15.4 Å². The molecule has 0 aliphatic rings. The van der Waals surface area contributed by atoms with Gasteiger partial charge in [-0.1, -0.05) is 23.2 Å². The van der Waals surface area contributed by atoms with Crippen LogP contribution in [0.4, 0.5) is 0 Å². The molecule has 0 aliphatic heterocycles. The van der Waals surface area contributed by atoms with E-state index < -0.39 is 29.5 Å². The molecule has 0 spiro atoms. The van der Waals surface area contributed by atoms with E-state index in [0.29, 0.717) is 0 Å². The average molecular weight is 408 g/mol. The molecule has 0 aliphatic carbocycles. The van der Waals surface area contributed by atoms with E-state index in [-0.39, 0.29) is 32.8 Å². The molecule has 0 fully saturated rings. The van der Waals surface area contributed by atoms with Gasteiger partial charge in [0, 0.05) is 4.11 Å². The number of halogens is 2. The summed E-state index contributed by atoms with van der Waals surface area (Å²) in [4.78, 5) is 25.4. The molecule has 3 aromatic rings. The molecular formula is C17H10Cl2N4O4. The number of hydrogen-bond acceptors (Lipinski definition) is 6.